The maximum Gasteiger partial charge on any atom is 0.145 e. The monoisotopic (exact) mass is 173 g/mol. The summed E-state index contributed by atoms with van der Waals surface area (Å²) >= 11 is 0. The van der Waals surface area contributed by atoms with Gasteiger partial charge in [-0.1, -0.05) is 0 Å². The van der Waals surface area contributed by atoms with E-state index in [9.17, 15) is 8.78 Å². The number of rotatable bonds is 3. The van der Waals surface area contributed by atoms with Crippen molar-refractivity contribution in [1.82, 2.24) is 0 Å². The van der Waals surface area contributed by atoms with E-state index in [0.717, 1.165) is 6.07 Å². The molecule has 0 radical (unpaired) electrons. The van der Waals surface area contributed by atoms with E-state index in [1.807, 2.05) is 0 Å². The zero-order chi connectivity index (χ0) is 8.97. The van der Waals surface area contributed by atoms with Gasteiger partial charge in [-0.3, -0.25) is 0 Å². The fraction of sp³-hybridized carbons (Fsp3) is 0.250. The third kappa shape index (κ3) is 2.08. The standard InChI is InChI=1S/C8H9F2NO/c9-3-4-12-8-5-6(10)1-2-7(8)11/h1-2,5H,3-4,11H2. The number of hydrogen-bond donors (Lipinski definition) is 1. The van der Waals surface area contributed by atoms with Gasteiger partial charge in [0.1, 0.15) is 24.8 Å². The maximum atomic E-state index is 12.5. The number of ether oxygens (including phenoxy) is 1. The van der Waals surface area contributed by atoms with Gasteiger partial charge in [-0.25, -0.2) is 8.78 Å². The lowest BCUT2D eigenvalue weighted by atomic mass is 10.3. The first-order valence-corrected chi connectivity index (χ1v) is 3.48. The van der Waals surface area contributed by atoms with E-state index < -0.39 is 12.5 Å². The summed E-state index contributed by atoms with van der Waals surface area (Å²) in [6, 6.07) is 3.73. The molecule has 0 atom stereocenters. The van der Waals surface area contributed by atoms with Gasteiger partial charge in [-0.15, -0.1) is 0 Å². The number of nitrogens with two attached hydrogens (primary N) is 1. The normalized spacial score (nSPS) is 9.83. The van der Waals surface area contributed by atoms with Crippen LogP contribution in [0.5, 0.6) is 5.75 Å². The van der Waals surface area contributed by atoms with Crippen LogP contribution >= 0.6 is 0 Å². The van der Waals surface area contributed by atoms with Gasteiger partial charge in [0.05, 0.1) is 5.69 Å². The van der Waals surface area contributed by atoms with Crippen LogP contribution in [0.25, 0.3) is 0 Å². The molecule has 0 amide bonds. The highest BCUT2D eigenvalue weighted by molar-refractivity contribution is 5.52. The molecule has 1 aromatic rings. The summed E-state index contributed by atoms with van der Waals surface area (Å²) in [6.07, 6.45) is 0. The van der Waals surface area contributed by atoms with Crippen molar-refractivity contribution in [1.29, 1.82) is 0 Å². The third-order valence-electron chi connectivity index (χ3n) is 1.31. The highest BCUT2D eigenvalue weighted by atomic mass is 19.1. The quantitative estimate of drug-likeness (QED) is 0.707. The molecular formula is C8H9F2NO. The summed E-state index contributed by atoms with van der Waals surface area (Å²) in [5.41, 5.74) is 5.73. The van der Waals surface area contributed by atoms with Crippen LogP contribution in [-0.4, -0.2) is 13.3 Å². The minimum atomic E-state index is -0.615. The van der Waals surface area contributed by atoms with Gasteiger partial charge in [0.2, 0.25) is 0 Å². The number of benzene rings is 1. The lowest BCUT2D eigenvalue weighted by Crippen LogP contribution is -2.01. The smallest absolute Gasteiger partial charge is 0.145 e. The van der Waals surface area contributed by atoms with E-state index in [1.165, 1.54) is 12.1 Å². The van der Waals surface area contributed by atoms with Crippen molar-refractivity contribution in [2.24, 2.45) is 0 Å². The summed E-state index contributed by atoms with van der Waals surface area (Å²) in [7, 11) is 0. The second-order valence-electron chi connectivity index (χ2n) is 2.22. The van der Waals surface area contributed by atoms with Crippen LogP contribution in [0, 0.1) is 5.82 Å². The van der Waals surface area contributed by atoms with E-state index in [1.54, 1.807) is 0 Å². The second-order valence-corrected chi connectivity index (χ2v) is 2.22. The number of halogens is 2. The van der Waals surface area contributed by atoms with Crippen LogP contribution in [0.1, 0.15) is 0 Å². The van der Waals surface area contributed by atoms with Gasteiger partial charge in [0.15, 0.2) is 0 Å². The van der Waals surface area contributed by atoms with Crippen molar-refractivity contribution in [3.05, 3.63) is 24.0 Å². The zero-order valence-corrected chi connectivity index (χ0v) is 6.39. The van der Waals surface area contributed by atoms with Gasteiger partial charge < -0.3 is 10.5 Å². The summed E-state index contributed by atoms with van der Waals surface area (Å²) in [5, 5.41) is 0. The predicted octanol–water partition coefficient (Wildman–Crippen LogP) is 1.76. The highest BCUT2D eigenvalue weighted by Gasteiger charge is 2.00. The predicted molar refractivity (Wildman–Crippen MR) is 42.3 cm³/mol. The average molecular weight is 173 g/mol. The molecule has 12 heavy (non-hydrogen) atoms. The fourth-order valence-electron chi connectivity index (χ4n) is 0.782. The molecule has 2 N–H and O–H groups in total. The molecule has 66 valence electrons. The van der Waals surface area contributed by atoms with Crippen LogP contribution in [0.15, 0.2) is 18.2 Å². The molecule has 0 spiro atoms. The lowest BCUT2D eigenvalue weighted by molar-refractivity contribution is 0.273. The Bertz CT molecular complexity index is 265. The Morgan fingerprint density at radius 3 is 2.83 bits per heavy atom. The van der Waals surface area contributed by atoms with E-state index in [2.05, 4.69) is 0 Å². The molecule has 0 aliphatic rings. The van der Waals surface area contributed by atoms with Crippen molar-refractivity contribution in [3.8, 4) is 5.75 Å². The molecule has 0 unspecified atom stereocenters. The van der Waals surface area contributed by atoms with Crippen molar-refractivity contribution >= 4 is 5.69 Å². The molecule has 0 fully saturated rings. The number of anilines is 1. The summed E-state index contributed by atoms with van der Waals surface area (Å²) in [6.45, 7) is -0.719. The first-order valence-electron chi connectivity index (χ1n) is 3.48. The Balaban J connectivity index is 2.75. The number of nitrogen functional groups attached to an aromatic ring is 1. The molecule has 2 nitrogen and oxygen atoms in total. The summed E-state index contributed by atoms with van der Waals surface area (Å²) < 4.78 is 29.0. The van der Waals surface area contributed by atoms with Crippen molar-refractivity contribution in [3.63, 3.8) is 0 Å². The molecule has 0 heterocycles. The minimum Gasteiger partial charge on any atom is -0.489 e. The summed E-state index contributed by atoms with van der Waals surface area (Å²) in [5.74, 6) is -0.259. The molecule has 0 bridgehead atoms. The Labute approximate surface area is 68.9 Å². The van der Waals surface area contributed by atoms with Gasteiger partial charge in [-0.05, 0) is 12.1 Å². The average Bonchev–Trinajstić information content (AvgIpc) is 2.07. The van der Waals surface area contributed by atoms with E-state index in [0.29, 0.717) is 5.69 Å². The molecule has 0 saturated heterocycles. The maximum absolute atomic E-state index is 12.5. The van der Waals surface area contributed by atoms with Crippen molar-refractivity contribution < 1.29 is 13.5 Å². The van der Waals surface area contributed by atoms with Gasteiger partial charge in [0.25, 0.3) is 0 Å². The molecular weight excluding hydrogens is 164 g/mol. The van der Waals surface area contributed by atoms with E-state index in [-0.39, 0.29) is 12.4 Å². The molecule has 0 aromatic heterocycles. The Kier molecular flexibility index (Phi) is 2.85. The van der Waals surface area contributed by atoms with E-state index in [4.69, 9.17) is 10.5 Å². The molecule has 0 saturated carbocycles. The largest absolute Gasteiger partial charge is 0.489 e. The van der Waals surface area contributed by atoms with Crippen LogP contribution < -0.4 is 10.5 Å². The lowest BCUT2D eigenvalue weighted by Gasteiger charge is -2.05. The van der Waals surface area contributed by atoms with Gasteiger partial charge in [-0.2, -0.15) is 0 Å². The Morgan fingerprint density at radius 1 is 1.42 bits per heavy atom. The first-order chi connectivity index (χ1) is 5.74. The topological polar surface area (TPSA) is 35.2 Å². The molecule has 0 aliphatic carbocycles. The van der Waals surface area contributed by atoms with Crippen molar-refractivity contribution in [2.75, 3.05) is 19.0 Å². The second kappa shape index (κ2) is 3.90. The van der Waals surface area contributed by atoms with Gasteiger partial charge in [0, 0.05) is 6.07 Å². The molecule has 0 aliphatic heterocycles. The van der Waals surface area contributed by atoms with Crippen LogP contribution in [-0.2, 0) is 0 Å². The van der Waals surface area contributed by atoms with E-state index >= 15 is 0 Å². The number of hydrogen-bond acceptors (Lipinski definition) is 2. The Hall–Kier alpha value is -1.32. The first kappa shape index (κ1) is 8.77. The zero-order valence-electron chi connectivity index (χ0n) is 6.39. The van der Waals surface area contributed by atoms with Crippen LogP contribution in [0.4, 0.5) is 14.5 Å². The van der Waals surface area contributed by atoms with Crippen LogP contribution in [0.3, 0.4) is 0 Å². The fourth-order valence-corrected chi connectivity index (χ4v) is 0.782. The molecule has 1 aromatic carbocycles. The summed E-state index contributed by atoms with van der Waals surface area (Å²) in [4.78, 5) is 0. The van der Waals surface area contributed by atoms with Gasteiger partial charge >= 0.3 is 0 Å². The molecule has 1 rings (SSSR count). The highest BCUT2D eigenvalue weighted by Crippen LogP contribution is 2.21. The Morgan fingerprint density at radius 2 is 2.17 bits per heavy atom. The minimum absolute atomic E-state index is 0.104. The van der Waals surface area contributed by atoms with Crippen molar-refractivity contribution in [2.45, 2.75) is 0 Å². The third-order valence-corrected chi connectivity index (χ3v) is 1.31. The number of alkyl halides is 1. The van der Waals surface area contributed by atoms with Crippen LogP contribution in [0.2, 0.25) is 0 Å². The molecule has 4 heteroatoms. The SMILES string of the molecule is Nc1ccc(F)cc1OCCF.